The summed E-state index contributed by atoms with van der Waals surface area (Å²) in [5, 5.41) is 0. The van der Waals surface area contributed by atoms with Gasteiger partial charge >= 0.3 is 5.97 Å². The summed E-state index contributed by atoms with van der Waals surface area (Å²) in [6.07, 6.45) is 11.4. The molecule has 0 aromatic carbocycles. The number of allylic oxidation sites excluding steroid dienone is 1. The molecule has 0 aromatic rings. The Kier molecular flexibility index (Phi) is 11.7. The topological polar surface area (TPSA) is 26.3 Å². The van der Waals surface area contributed by atoms with Crippen LogP contribution in [0.25, 0.3) is 0 Å². The van der Waals surface area contributed by atoms with Crippen molar-refractivity contribution in [1.29, 1.82) is 0 Å². The number of carbonyl (C=O) groups is 1. The zero-order chi connectivity index (χ0) is 12.1. The normalized spacial score (nSPS) is 10.1. The molecule has 0 fully saturated rings. The molecule has 0 heterocycles. The van der Waals surface area contributed by atoms with Crippen molar-refractivity contribution in [3.05, 3.63) is 12.7 Å². The zero-order valence-electron chi connectivity index (χ0n) is 10.7. The first-order valence-electron chi connectivity index (χ1n) is 6.57. The fraction of sp³-hybridized carbons (Fsp3) is 0.786. The molecule has 0 radical (unpaired) electrons. The minimum atomic E-state index is -0.0282. The van der Waals surface area contributed by atoms with E-state index in [0.717, 1.165) is 38.5 Å². The number of ether oxygens (including phenoxy) is 1. The van der Waals surface area contributed by atoms with Crippen molar-refractivity contribution in [3.63, 3.8) is 0 Å². The molecule has 0 rings (SSSR count). The molecule has 0 N–H and O–H groups in total. The van der Waals surface area contributed by atoms with Gasteiger partial charge in [-0.3, -0.25) is 4.79 Å². The number of hydrogen-bond donors (Lipinski definition) is 0. The highest BCUT2D eigenvalue weighted by Gasteiger charge is 2.01. The van der Waals surface area contributed by atoms with E-state index in [-0.39, 0.29) is 5.97 Å². The predicted molar refractivity (Wildman–Crippen MR) is 68.4 cm³/mol. The summed E-state index contributed by atoms with van der Waals surface area (Å²) in [4.78, 5) is 11.2. The van der Waals surface area contributed by atoms with Crippen LogP contribution in [0.2, 0.25) is 0 Å². The lowest BCUT2D eigenvalue weighted by Crippen LogP contribution is -2.05. The van der Waals surface area contributed by atoms with Gasteiger partial charge in [0.2, 0.25) is 0 Å². The highest BCUT2D eigenvalue weighted by atomic mass is 16.5. The SMILES string of the molecule is C=CCCCCCCOC(=O)CCCCC. The first-order valence-corrected chi connectivity index (χ1v) is 6.57. The van der Waals surface area contributed by atoms with Crippen molar-refractivity contribution < 1.29 is 9.53 Å². The monoisotopic (exact) mass is 226 g/mol. The molecular formula is C14H26O2. The summed E-state index contributed by atoms with van der Waals surface area (Å²) >= 11 is 0. The third-order valence-corrected chi connectivity index (χ3v) is 2.55. The Morgan fingerprint density at radius 3 is 2.56 bits per heavy atom. The van der Waals surface area contributed by atoms with Crippen molar-refractivity contribution >= 4 is 5.97 Å². The molecule has 94 valence electrons. The van der Waals surface area contributed by atoms with Crippen molar-refractivity contribution in [1.82, 2.24) is 0 Å². The second-order valence-corrected chi connectivity index (χ2v) is 4.17. The van der Waals surface area contributed by atoms with E-state index in [1.807, 2.05) is 6.08 Å². The fourth-order valence-corrected chi connectivity index (χ4v) is 1.52. The quantitative estimate of drug-likeness (QED) is 0.299. The summed E-state index contributed by atoms with van der Waals surface area (Å²) in [5.74, 6) is -0.0282. The Balaban J connectivity index is 3.12. The highest BCUT2D eigenvalue weighted by molar-refractivity contribution is 5.69. The lowest BCUT2D eigenvalue weighted by atomic mass is 10.1. The minimum absolute atomic E-state index is 0.0282. The van der Waals surface area contributed by atoms with Crippen LogP contribution in [0.15, 0.2) is 12.7 Å². The van der Waals surface area contributed by atoms with Gasteiger partial charge in [-0.15, -0.1) is 6.58 Å². The number of hydrogen-bond acceptors (Lipinski definition) is 2. The second-order valence-electron chi connectivity index (χ2n) is 4.17. The Labute approximate surface area is 100 Å². The molecule has 0 aliphatic rings. The van der Waals surface area contributed by atoms with Gasteiger partial charge in [-0.2, -0.15) is 0 Å². The van der Waals surface area contributed by atoms with Crippen LogP contribution in [0.3, 0.4) is 0 Å². The molecule has 2 heteroatoms. The van der Waals surface area contributed by atoms with Gasteiger partial charge in [-0.05, 0) is 25.7 Å². The van der Waals surface area contributed by atoms with Crippen molar-refractivity contribution in [2.75, 3.05) is 6.61 Å². The molecule has 0 spiro atoms. The first kappa shape index (κ1) is 15.2. The van der Waals surface area contributed by atoms with Gasteiger partial charge in [-0.25, -0.2) is 0 Å². The number of carbonyl (C=O) groups excluding carboxylic acids is 1. The molecule has 0 unspecified atom stereocenters. The number of esters is 1. The average molecular weight is 226 g/mol. The van der Waals surface area contributed by atoms with Gasteiger partial charge in [-0.1, -0.05) is 38.7 Å². The van der Waals surface area contributed by atoms with E-state index in [2.05, 4.69) is 13.5 Å². The molecule has 0 aliphatic carbocycles. The molecule has 0 saturated carbocycles. The summed E-state index contributed by atoms with van der Waals surface area (Å²) < 4.78 is 5.14. The van der Waals surface area contributed by atoms with Gasteiger partial charge in [0.25, 0.3) is 0 Å². The van der Waals surface area contributed by atoms with Crippen molar-refractivity contribution in [2.45, 2.75) is 64.7 Å². The summed E-state index contributed by atoms with van der Waals surface area (Å²) in [7, 11) is 0. The predicted octanol–water partition coefficient (Wildman–Crippen LogP) is 4.25. The van der Waals surface area contributed by atoms with Gasteiger partial charge in [0.05, 0.1) is 6.61 Å². The van der Waals surface area contributed by atoms with Crippen LogP contribution in [0.4, 0.5) is 0 Å². The molecule has 0 atom stereocenters. The molecular weight excluding hydrogens is 200 g/mol. The van der Waals surface area contributed by atoms with Crippen LogP contribution in [0.1, 0.15) is 64.7 Å². The second kappa shape index (κ2) is 12.3. The fourth-order valence-electron chi connectivity index (χ4n) is 1.52. The lowest BCUT2D eigenvalue weighted by Gasteiger charge is -2.04. The van der Waals surface area contributed by atoms with Crippen LogP contribution in [-0.4, -0.2) is 12.6 Å². The van der Waals surface area contributed by atoms with Crippen molar-refractivity contribution in [2.24, 2.45) is 0 Å². The molecule has 0 amide bonds. The largest absolute Gasteiger partial charge is 0.466 e. The van der Waals surface area contributed by atoms with Gasteiger partial charge in [0, 0.05) is 6.42 Å². The smallest absolute Gasteiger partial charge is 0.305 e. The maximum absolute atomic E-state index is 11.2. The van der Waals surface area contributed by atoms with E-state index in [0.29, 0.717) is 13.0 Å². The van der Waals surface area contributed by atoms with Gasteiger partial charge < -0.3 is 4.74 Å². The van der Waals surface area contributed by atoms with E-state index in [1.165, 1.54) is 12.8 Å². The Hall–Kier alpha value is -0.790. The van der Waals surface area contributed by atoms with E-state index >= 15 is 0 Å². The first-order chi connectivity index (χ1) is 7.81. The maximum atomic E-state index is 11.2. The minimum Gasteiger partial charge on any atom is -0.466 e. The standard InChI is InChI=1S/C14H26O2/c1-3-5-7-8-9-11-13-16-14(15)12-10-6-4-2/h3H,1,4-13H2,2H3. The molecule has 16 heavy (non-hydrogen) atoms. The Morgan fingerprint density at radius 2 is 1.88 bits per heavy atom. The average Bonchev–Trinajstić information content (AvgIpc) is 2.28. The van der Waals surface area contributed by atoms with Gasteiger partial charge in [0.15, 0.2) is 0 Å². The van der Waals surface area contributed by atoms with Crippen molar-refractivity contribution in [3.8, 4) is 0 Å². The summed E-state index contributed by atoms with van der Waals surface area (Å²) in [5.41, 5.74) is 0. The summed E-state index contributed by atoms with van der Waals surface area (Å²) in [6.45, 7) is 6.41. The van der Waals surface area contributed by atoms with Crippen LogP contribution in [0.5, 0.6) is 0 Å². The number of unbranched alkanes of at least 4 members (excludes halogenated alkanes) is 6. The molecule has 0 aromatic heterocycles. The van der Waals surface area contributed by atoms with Crippen LogP contribution >= 0.6 is 0 Å². The van der Waals surface area contributed by atoms with Crippen LogP contribution in [-0.2, 0) is 9.53 Å². The third kappa shape index (κ3) is 11.3. The zero-order valence-corrected chi connectivity index (χ0v) is 10.7. The Bertz CT molecular complexity index is 176. The van der Waals surface area contributed by atoms with E-state index in [1.54, 1.807) is 0 Å². The lowest BCUT2D eigenvalue weighted by molar-refractivity contribution is -0.143. The summed E-state index contributed by atoms with van der Waals surface area (Å²) in [6, 6.07) is 0. The van der Waals surface area contributed by atoms with E-state index < -0.39 is 0 Å². The molecule has 0 saturated heterocycles. The van der Waals surface area contributed by atoms with Crippen LogP contribution < -0.4 is 0 Å². The van der Waals surface area contributed by atoms with Crippen LogP contribution in [0, 0.1) is 0 Å². The Morgan fingerprint density at radius 1 is 1.12 bits per heavy atom. The van der Waals surface area contributed by atoms with E-state index in [4.69, 9.17) is 4.74 Å². The molecule has 0 bridgehead atoms. The molecule has 2 nitrogen and oxygen atoms in total. The number of rotatable bonds is 11. The molecule has 0 aliphatic heterocycles. The maximum Gasteiger partial charge on any atom is 0.305 e. The third-order valence-electron chi connectivity index (χ3n) is 2.55. The van der Waals surface area contributed by atoms with Gasteiger partial charge in [0.1, 0.15) is 0 Å². The van der Waals surface area contributed by atoms with E-state index in [9.17, 15) is 4.79 Å². The highest BCUT2D eigenvalue weighted by Crippen LogP contribution is 2.05.